The highest BCUT2D eigenvalue weighted by atomic mass is 16.7. The zero-order chi connectivity index (χ0) is 13.4. The molecule has 0 amide bonds. The van der Waals surface area contributed by atoms with Crippen molar-refractivity contribution in [1.29, 1.82) is 0 Å². The van der Waals surface area contributed by atoms with Gasteiger partial charge in [0.05, 0.1) is 0 Å². The molecule has 4 nitrogen and oxygen atoms in total. The molecule has 102 valence electrons. The largest absolute Gasteiger partial charge is 0.508 e. The number of hydrogen-bond donors (Lipinski definition) is 2. The van der Waals surface area contributed by atoms with Crippen LogP contribution >= 0.6 is 0 Å². The lowest BCUT2D eigenvalue weighted by atomic mass is 10.1. The number of benzene rings is 1. The van der Waals surface area contributed by atoms with E-state index in [4.69, 9.17) is 9.47 Å². The van der Waals surface area contributed by atoms with Crippen LogP contribution in [0.1, 0.15) is 25.0 Å². The number of ether oxygens (including phenoxy) is 2. The molecule has 0 heterocycles. The summed E-state index contributed by atoms with van der Waals surface area (Å²) in [6.45, 7) is 8.35. The maximum absolute atomic E-state index is 9.70. The highest BCUT2D eigenvalue weighted by Gasteiger charge is 2.08. The molecule has 0 atom stereocenters. The van der Waals surface area contributed by atoms with Crippen LogP contribution in [0.4, 0.5) is 0 Å². The number of hydrogen-bond acceptors (Lipinski definition) is 4. The van der Waals surface area contributed by atoms with Crippen LogP contribution in [0.2, 0.25) is 0 Å². The second kappa shape index (κ2) is 8.08. The van der Waals surface area contributed by atoms with E-state index in [-0.39, 0.29) is 6.29 Å². The molecule has 18 heavy (non-hydrogen) atoms. The Balaban J connectivity index is 2.41. The third-order valence-corrected chi connectivity index (χ3v) is 2.57. The van der Waals surface area contributed by atoms with Crippen LogP contribution in [0.5, 0.6) is 5.75 Å². The van der Waals surface area contributed by atoms with Crippen molar-refractivity contribution < 1.29 is 14.6 Å². The van der Waals surface area contributed by atoms with E-state index in [0.717, 1.165) is 11.1 Å². The Bertz CT molecular complexity index is 349. The van der Waals surface area contributed by atoms with E-state index in [1.54, 1.807) is 6.07 Å². The normalized spacial score (nSPS) is 11.1. The van der Waals surface area contributed by atoms with Crippen molar-refractivity contribution in [2.45, 2.75) is 33.6 Å². The Kier molecular flexibility index (Phi) is 6.72. The fourth-order valence-electron chi connectivity index (χ4n) is 1.72. The third-order valence-electron chi connectivity index (χ3n) is 2.57. The molecule has 0 spiro atoms. The summed E-state index contributed by atoms with van der Waals surface area (Å²) < 4.78 is 10.9. The molecule has 0 radical (unpaired) electrons. The number of phenolic OH excluding ortho intramolecular Hbond substituents is 1. The standard InChI is InChI=1S/C14H23NO3/c1-4-17-14(18-5-2)10-15-9-12-8-11(3)6-7-13(12)16/h6-8,14-16H,4-5,9-10H2,1-3H3. The SMILES string of the molecule is CCOC(CNCc1cc(C)ccc1O)OCC. The van der Waals surface area contributed by atoms with Gasteiger partial charge in [0.1, 0.15) is 5.75 Å². The van der Waals surface area contributed by atoms with E-state index in [0.29, 0.717) is 32.1 Å². The summed E-state index contributed by atoms with van der Waals surface area (Å²) >= 11 is 0. The van der Waals surface area contributed by atoms with Gasteiger partial charge in [-0.3, -0.25) is 0 Å². The maximum atomic E-state index is 9.70. The number of aryl methyl sites for hydroxylation is 1. The molecule has 1 rings (SSSR count). The minimum absolute atomic E-state index is 0.230. The molecule has 0 unspecified atom stereocenters. The average molecular weight is 253 g/mol. The van der Waals surface area contributed by atoms with Gasteiger partial charge in [-0.1, -0.05) is 17.7 Å². The molecule has 0 bridgehead atoms. The van der Waals surface area contributed by atoms with Gasteiger partial charge < -0.3 is 19.9 Å². The van der Waals surface area contributed by atoms with Gasteiger partial charge in [-0.25, -0.2) is 0 Å². The smallest absolute Gasteiger partial charge is 0.169 e. The molecule has 1 aromatic rings. The van der Waals surface area contributed by atoms with Crippen LogP contribution in [0, 0.1) is 6.92 Å². The summed E-state index contributed by atoms with van der Waals surface area (Å²) in [5, 5.41) is 12.9. The van der Waals surface area contributed by atoms with E-state index < -0.39 is 0 Å². The Morgan fingerprint density at radius 1 is 1.22 bits per heavy atom. The van der Waals surface area contributed by atoms with E-state index >= 15 is 0 Å². The number of aromatic hydroxyl groups is 1. The van der Waals surface area contributed by atoms with Crippen molar-refractivity contribution in [3.63, 3.8) is 0 Å². The van der Waals surface area contributed by atoms with Gasteiger partial charge >= 0.3 is 0 Å². The van der Waals surface area contributed by atoms with Crippen molar-refractivity contribution in [2.24, 2.45) is 0 Å². The summed E-state index contributed by atoms with van der Waals surface area (Å²) in [7, 11) is 0. The third kappa shape index (κ3) is 5.04. The van der Waals surface area contributed by atoms with E-state index in [9.17, 15) is 5.11 Å². The molecular formula is C14H23NO3. The van der Waals surface area contributed by atoms with Crippen molar-refractivity contribution >= 4 is 0 Å². The monoisotopic (exact) mass is 253 g/mol. The number of rotatable bonds is 8. The van der Waals surface area contributed by atoms with Crippen LogP contribution in [-0.2, 0) is 16.0 Å². The summed E-state index contributed by atoms with van der Waals surface area (Å²) in [6, 6.07) is 5.58. The molecule has 1 aromatic carbocycles. The first-order chi connectivity index (χ1) is 8.67. The van der Waals surface area contributed by atoms with Crippen molar-refractivity contribution in [3.05, 3.63) is 29.3 Å². The summed E-state index contributed by atoms with van der Waals surface area (Å²) in [6.07, 6.45) is -0.230. The van der Waals surface area contributed by atoms with E-state index in [2.05, 4.69) is 5.32 Å². The minimum atomic E-state index is -0.230. The van der Waals surface area contributed by atoms with Gasteiger partial charge in [0.15, 0.2) is 6.29 Å². The molecule has 0 aliphatic carbocycles. The Hall–Kier alpha value is -1.10. The molecule has 0 aliphatic rings. The molecule has 0 aliphatic heterocycles. The van der Waals surface area contributed by atoms with Crippen LogP contribution in [0.25, 0.3) is 0 Å². The van der Waals surface area contributed by atoms with Crippen LogP contribution in [-0.4, -0.2) is 31.2 Å². The number of phenols is 1. The van der Waals surface area contributed by atoms with Crippen LogP contribution in [0.3, 0.4) is 0 Å². The zero-order valence-corrected chi connectivity index (χ0v) is 11.4. The van der Waals surface area contributed by atoms with Crippen LogP contribution in [0.15, 0.2) is 18.2 Å². The lowest BCUT2D eigenvalue weighted by Gasteiger charge is -2.17. The highest BCUT2D eigenvalue weighted by molar-refractivity contribution is 5.35. The second-order valence-corrected chi connectivity index (χ2v) is 4.10. The lowest BCUT2D eigenvalue weighted by Crippen LogP contribution is -2.31. The second-order valence-electron chi connectivity index (χ2n) is 4.10. The fourth-order valence-corrected chi connectivity index (χ4v) is 1.72. The lowest BCUT2D eigenvalue weighted by molar-refractivity contribution is -0.133. The Morgan fingerprint density at radius 2 is 1.89 bits per heavy atom. The van der Waals surface area contributed by atoms with E-state index in [1.165, 1.54) is 0 Å². The molecule has 0 saturated carbocycles. The van der Waals surface area contributed by atoms with Gasteiger partial charge in [0.25, 0.3) is 0 Å². The van der Waals surface area contributed by atoms with Gasteiger partial charge in [-0.15, -0.1) is 0 Å². The first-order valence-corrected chi connectivity index (χ1v) is 6.39. The van der Waals surface area contributed by atoms with E-state index in [1.807, 2.05) is 32.9 Å². The number of nitrogens with one attached hydrogen (secondary N) is 1. The molecule has 0 saturated heterocycles. The predicted molar refractivity (Wildman–Crippen MR) is 71.6 cm³/mol. The van der Waals surface area contributed by atoms with Gasteiger partial charge in [-0.2, -0.15) is 0 Å². The summed E-state index contributed by atoms with van der Waals surface area (Å²) in [5.41, 5.74) is 2.03. The summed E-state index contributed by atoms with van der Waals surface area (Å²) in [5.74, 6) is 0.317. The quantitative estimate of drug-likeness (QED) is 0.697. The predicted octanol–water partition coefficient (Wildman–Crippen LogP) is 2.19. The molecular weight excluding hydrogens is 230 g/mol. The maximum Gasteiger partial charge on any atom is 0.169 e. The molecule has 4 heteroatoms. The topological polar surface area (TPSA) is 50.7 Å². The fraction of sp³-hybridized carbons (Fsp3) is 0.571. The van der Waals surface area contributed by atoms with Gasteiger partial charge in [-0.05, 0) is 26.8 Å². The zero-order valence-electron chi connectivity index (χ0n) is 11.4. The first-order valence-electron chi connectivity index (χ1n) is 6.39. The average Bonchev–Trinajstić information content (AvgIpc) is 2.34. The van der Waals surface area contributed by atoms with Crippen LogP contribution < -0.4 is 5.32 Å². The summed E-state index contributed by atoms with van der Waals surface area (Å²) in [4.78, 5) is 0. The van der Waals surface area contributed by atoms with Crippen molar-refractivity contribution in [3.8, 4) is 5.75 Å². The van der Waals surface area contributed by atoms with Gasteiger partial charge in [0.2, 0.25) is 0 Å². The first kappa shape index (κ1) is 15.0. The Labute approximate surface area is 109 Å². The highest BCUT2D eigenvalue weighted by Crippen LogP contribution is 2.17. The van der Waals surface area contributed by atoms with Gasteiger partial charge in [0, 0.05) is 31.9 Å². The Morgan fingerprint density at radius 3 is 2.50 bits per heavy atom. The van der Waals surface area contributed by atoms with Crippen molar-refractivity contribution in [2.75, 3.05) is 19.8 Å². The molecule has 0 fully saturated rings. The minimum Gasteiger partial charge on any atom is -0.508 e. The van der Waals surface area contributed by atoms with Crippen molar-refractivity contribution in [1.82, 2.24) is 5.32 Å². The molecule has 2 N–H and O–H groups in total. The molecule has 0 aromatic heterocycles.